The van der Waals surface area contributed by atoms with Crippen LogP contribution in [0.1, 0.15) is 20.8 Å². The average Bonchev–Trinajstić information content (AvgIpc) is 2.59. The molecule has 11 heteroatoms. The van der Waals surface area contributed by atoms with Crippen LogP contribution in [-0.4, -0.2) is 51.7 Å². The minimum Gasteiger partial charge on any atom is -0.290 e. The van der Waals surface area contributed by atoms with Crippen LogP contribution in [0.25, 0.3) is 0 Å². The molecule has 0 aromatic rings. The second kappa shape index (κ2) is 7.19. The van der Waals surface area contributed by atoms with Crippen LogP contribution in [0.15, 0.2) is 14.9 Å². The van der Waals surface area contributed by atoms with Crippen LogP contribution in [0.2, 0.25) is 78.6 Å². The first-order chi connectivity index (χ1) is 11.5. The van der Waals surface area contributed by atoms with E-state index in [1.54, 1.807) is 0 Å². The second-order valence-corrected chi connectivity index (χ2v) is 35.9. The molecule has 0 radical (unpaired) electrons. The summed E-state index contributed by atoms with van der Waals surface area (Å²) in [5.74, 6) is 0. The molecule has 0 aliphatic carbocycles. The van der Waals surface area contributed by atoms with Crippen molar-refractivity contribution in [2.45, 2.75) is 105 Å². The van der Waals surface area contributed by atoms with Gasteiger partial charge in [0.2, 0.25) is 7.51 Å². The van der Waals surface area contributed by atoms with E-state index in [2.05, 4.69) is 113 Å². The van der Waals surface area contributed by atoms with E-state index in [0.717, 1.165) is 0 Å². The Kier molecular flexibility index (Phi) is 6.74. The summed E-state index contributed by atoms with van der Waals surface area (Å²) in [6.45, 7) is 35.9. The standard InChI is InChI=1S/C16H45N6PSi4/c1-16(2,3)20-17-18-21(25(7,8)9)23(20,19-24(4,5)6)22(26(10,11)12)27(13,14)15/h1-15H3. The van der Waals surface area contributed by atoms with Crippen molar-refractivity contribution in [1.29, 1.82) is 0 Å². The first-order valence-corrected chi connectivity index (χ1v) is 25.4. The molecule has 27 heavy (non-hydrogen) atoms. The van der Waals surface area contributed by atoms with Crippen LogP contribution in [0.3, 0.4) is 0 Å². The lowest BCUT2D eigenvalue weighted by Gasteiger charge is -2.57. The molecule has 1 aliphatic heterocycles. The van der Waals surface area contributed by atoms with Crippen LogP contribution in [-0.2, 0) is 0 Å². The molecule has 0 aromatic heterocycles. The fourth-order valence-corrected chi connectivity index (χ4v) is 31.0. The minimum absolute atomic E-state index is 0.119. The van der Waals surface area contributed by atoms with Gasteiger partial charge in [-0.05, 0) is 65.3 Å². The molecule has 0 N–H and O–H groups in total. The molecule has 0 spiro atoms. The summed E-state index contributed by atoms with van der Waals surface area (Å²) in [6.07, 6.45) is 0. The lowest BCUT2D eigenvalue weighted by molar-refractivity contribution is 0.261. The van der Waals surface area contributed by atoms with Crippen molar-refractivity contribution in [3.8, 4) is 0 Å². The van der Waals surface area contributed by atoms with Gasteiger partial charge in [-0.2, -0.15) is 0 Å². The van der Waals surface area contributed by atoms with Gasteiger partial charge in [0.1, 0.15) is 16.5 Å². The van der Waals surface area contributed by atoms with Crippen molar-refractivity contribution >= 4 is 40.4 Å². The molecule has 0 saturated heterocycles. The van der Waals surface area contributed by atoms with Crippen molar-refractivity contribution < 1.29 is 0 Å². The van der Waals surface area contributed by atoms with E-state index in [0.29, 0.717) is 0 Å². The molecular weight excluding hydrogens is 420 g/mol. The smallest absolute Gasteiger partial charge is 0.222 e. The number of nitrogens with zero attached hydrogens (tertiary/aromatic N) is 6. The monoisotopic (exact) mass is 464 g/mol. The first kappa shape index (κ1) is 25.3. The van der Waals surface area contributed by atoms with Gasteiger partial charge in [-0.3, -0.25) is 8.41 Å². The Hall–Kier alpha value is 0.258. The molecule has 0 saturated carbocycles. The Morgan fingerprint density at radius 3 is 1.41 bits per heavy atom. The molecule has 1 aliphatic rings. The lowest BCUT2D eigenvalue weighted by Crippen LogP contribution is -2.62. The fourth-order valence-electron chi connectivity index (χ4n) is 3.85. The fraction of sp³-hybridized carbons (Fsp3) is 1.00. The zero-order chi connectivity index (χ0) is 21.9. The van der Waals surface area contributed by atoms with Gasteiger partial charge in [0.15, 0.2) is 16.5 Å². The predicted octanol–water partition coefficient (Wildman–Crippen LogP) is 7.27. The van der Waals surface area contributed by atoms with Crippen LogP contribution in [0, 0.1) is 0 Å². The van der Waals surface area contributed by atoms with Crippen molar-refractivity contribution in [2.75, 3.05) is 0 Å². The molecular formula is C16H45N6PSi4. The van der Waals surface area contributed by atoms with Crippen molar-refractivity contribution in [3.63, 3.8) is 0 Å². The zero-order valence-corrected chi connectivity index (χ0v) is 25.5. The van der Waals surface area contributed by atoms with Gasteiger partial charge in [0, 0.05) is 0 Å². The second-order valence-electron chi connectivity index (χ2n) is 12.6. The number of rotatable bonds is 5. The molecule has 0 bridgehead atoms. The van der Waals surface area contributed by atoms with Crippen molar-refractivity contribution in [3.05, 3.63) is 0 Å². The third kappa shape index (κ3) is 5.45. The summed E-state index contributed by atoms with van der Waals surface area (Å²) in [5, 5.41) is 9.71. The quantitative estimate of drug-likeness (QED) is 0.317. The van der Waals surface area contributed by atoms with Gasteiger partial charge in [0.05, 0.1) is 5.54 Å². The van der Waals surface area contributed by atoms with Crippen molar-refractivity contribution in [1.82, 2.24) is 13.2 Å². The van der Waals surface area contributed by atoms with Gasteiger partial charge < -0.3 is 0 Å². The minimum atomic E-state index is -2.25. The lowest BCUT2D eigenvalue weighted by atomic mass is 10.1. The highest BCUT2D eigenvalue weighted by molar-refractivity contribution is 7.66. The molecule has 0 amide bonds. The predicted molar refractivity (Wildman–Crippen MR) is 133 cm³/mol. The third-order valence-corrected chi connectivity index (χ3v) is 25.3. The topological polar surface area (TPSA) is 46.8 Å². The van der Waals surface area contributed by atoms with Crippen LogP contribution in [0.4, 0.5) is 0 Å². The maximum Gasteiger partial charge on any atom is 0.222 e. The summed E-state index contributed by atoms with van der Waals surface area (Å²) in [7, 11) is -9.21. The molecule has 160 valence electrons. The Bertz CT molecular complexity index is 590. The van der Waals surface area contributed by atoms with Crippen LogP contribution < -0.4 is 0 Å². The van der Waals surface area contributed by atoms with E-state index in [4.69, 9.17) is 14.9 Å². The van der Waals surface area contributed by atoms with Gasteiger partial charge in [-0.15, -0.1) is 0 Å². The van der Waals surface area contributed by atoms with Gasteiger partial charge in [0.25, 0.3) is 0 Å². The van der Waals surface area contributed by atoms with E-state index in [9.17, 15) is 0 Å². The van der Waals surface area contributed by atoms with Crippen LogP contribution >= 0.6 is 7.51 Å². The number of hydrogen-bond donors (Lipinski definition) is 0. The highest BCUT2D eigenvalue weighted by atomic mass is 31.2. The Morgan fingerprint density at radius 1 is 0.741 bits per heavy atom. The van der Waals surface area contributed by atoms with E-state index >= 15 is 0 Å². The summed E-state index contributed by atoms with van der Waals surface area (Å²) in [5.41, 5.74) is -0.119. The molecule has 6 nitrogen and oxygen atoms in total. The summed E-state index contributed by atoms with van der Waals surface area (Å²) < 4.78 is 13.5. The van der Waals surface area contributed by atoms with Crippen molar-refractivity contribution in [2.24, 2.45) is 14.9 Å². The highest BCUT2D eigenvalue weighted by Gasteiger charge is 2.58. The normalized spacial score (nSPS) is 22.8. The van der Waals surface area contributed by atoms with E-state index in [-0.39, 0.29) is 5.54 Å². The molecule has 1 heterocycles. The SMILES string of the molecule is CC(C)(C)N1N=NN([Si](C)(C)C)P1(=N[Si](C)(C)C)N([Si](C)(C)C)[Si](C)(C)C. The first-order valence-electron chi connectivity index (χ1n) is 10.0. The molecule has 0 fully saturated rings. The van der Waals surface area contributed by atoms with Gasteiger partial charge >= 0.3 is 0 Å². The van der Waals surface area contributed by atoms with Crippen LogP contribution in [0.5, 0.6) is 0 Å². The molecule has 1 unspecified atom stereocenters. The summed E-state index contributed by atoms with van der Waals surface area (Å²) in [6, 6.07) is 0. The Morgan fingerprint density at radius 2 is 1.15 bits per heavy atom. The maximum atomic E-state index is 5.81. The Balaban J connectivity index is 4.13. The molecule has 0 aromatic carbocycles. The summed E-state index contributed by atoms with van der Waals surface area (Å²) >= 11 is 0. The van der Waals surface area contributed by atoms with E-state index in [1.165, 1.54) is 0 Å². The van der Waals surface area contributed by atoms with E-state index < -0.39 is 40.4 Å². The third-order valence-electron chi connectivity index (χ3n) is 3.89. The summed E-state index contributed by atoms with van der Waals surface area (Å²) in [4.78, 5) is 0. The largest absolute Gasteiger partial charge is 0.290 e. The highest BCUT2D eigenvalue weighted by Crippen LogP contribution is 2.70. The molecule has 1 atom stereocenters. The zero-order valence-electron chi connectivity index (χ0n) is 20.6. The number of hydrogen-bond acceptors (Lipinski definition) is 3. The maximum absolute atomic E-state index is 5.81. The molecule has 1 rings (SSSR count). The van der Waals surface area contributed by atoms with E-state index in [1.807, 2.05) is 0 Å². The van der Waals surface area contributed by atoms with Gasteiger partial charge in [-0.25, -0.2) is 9.22 Å². The van der Waals surface area contributed by atoms with Gasteiger partial charge in [-0.1, -0.05) is 44.5 Å². The Labute approximate surface area is 173 Å². The average molecular weight is 465 g/mol.